The van der Waals surface area contributed by atoms with Gasteiger partial charge in [-0.25, -0.2) is 4.39 Å². The number of nitrogens with one attached hydrogen (secondary N) is 3. The number of hydrogen-bond acceptors (Lipinski definition) is 5. The first-order valence-corrected chi connectivity index (χ1v) is 12.1. The highest BCUT2D eigenvalue weighted by Gasteiger charge is 2.31. The molecular formula is C27H24FN7O2. The Hall–Kier alpha value is -4.60. The molecule has 5 heterocycles. The zero-order valence-corrected chi connectivity index (χ0v) is 20.1. The molecule has 1 saturated heterocycles. The summed E-state index contributed by atoms with van der Waals surface area (Å²) in [6.07, 6.45) is 6.04. The number of aromatic amines is 2. The van der Waals surface area contributed by atoms with Crippen LogP contribution in [0.3, 0.4) is 0 Å². The number of carbonyl (C=O) groups excluding carboxylic acids is 2. The monoisotopic (exact) mass is 497 g/mol. The fourth-order valence-corrected chi connectivity index (χ4v) is 4.96. The summed E-state index contributed by atoms with van der Waals surface area (Å²) < 4.78 is 13.5. The summed E-state index contributed by atoms with van der Waals surface area (Å²) in [4.78, 5) is 40.0. The van der Waals surface area contributed by atoms with Gasteiger partial charge in [0.2, 0.25) is 0 Å². The zero-order valence-electron chi connectivity index (χ0n) is 20.1. The van der Waals surface area contributed by atoms with Crippen LogP contribution in [0.1, 0.15) is 57.5 Å². The minimum absolute atomic E-state index is 0.0917. The molecule has 0 bridgehead atoms. The van der Waals surface area contributed by atoms with Gasteiger partial charge in [-0.1, -0.05) is 0 Å². The van der Waals surface area contributed by atoms with Gasteiger partial charge in [0.25, 0.3) is 11.8 Å². The van der Waals surface area contributed by atoms with E-state index in [1.165, 1.54) is 12.1 Å². The van der Waals surface area contributed by atoms with Gasteiger partial charge in [-0.15, -0.1) is 0 Å². The molecule has 9 nitrogen and oxygen atoms in total. The van der Waals surface area contributed by atoms with Gasteiger partial charge < -0.3 is 15.2 Å². The highest BCUT2D eigenvalue weighted by Crippen LogP contribution is 2.33. The largest absolute Gasteiger partial charge is 0.351 e. The molecule has 1 aliphatic heterocycles. The van der Waals surface area contributed by atoms with Gasteiger partial charge in [0.05, 0.1) is 28.5 Å². The molecule has 6 rings (SSSR count). The number of H-pyrrole nitrogens is 2. The molecule has 0 radical (unpaired) electrons. The number of aromatic nitrogens is 5. The molecule has 1 atom stereocenters. The molecule has 5 aromatic rings. The molecule has 10 heteroatoms. The SMILES string of the molecule is Cc1nc2ccncc2cc1C(=O)N1CCCCC1c1cc(NC(=O)c2cc3cc(F)ccc3[nH]2)n[nH]1. The van der Waals surface area contributed by atoms with Gasteiger partial charge in [0.15, 0.2) is 5.82 Å². The molecule has 0 saturated carbocycles. The Balaban J connectivity index is 1.23. The first kappa shape index (κ1) is 22.8. The van der Waals surface area contributed by atoms with E-state index in [9.17, 15) is 14.0 Å². The van der Waals surface area contributed by atoms with E-state index in [1.807, 2.05) is 24.0 Å². The maximum Gasteiger partial charge on any atom is 0.273 e. The maximum absolute atomic E-state index is 13.7. The van der Waals surface area contributed by atoms with Crippen LogP contribution in [0.25, 0.3) is 21.8 Å². The predicted octanol–water partition coefficient (Wildman–Crippen LogP) is 4.90. The molecule has 186 valence electrons. The normalized spacial score (nSPS) is 15.8. The molecule has 4 aromatic heterocycles. The van der Waals surface area contributed by atoms with Crippen molar-refractivity contribution in [2.75, 3.05) is 11.9 Å². The topological polar surface area (TPSA) is 120 Å². The quantitative estimate of drug-likeness (QED) is 0.326. The molecule has 2 amide bonds. The fourth-order valence-electron chi connectivity index (χ4n) is 4.96. The average Bonchev–Trinajstić information content (AvgIpc) is 3.55. The number of hydrogen-bond donors (Lipinski definition) is 3. The summed E-state index contributed by atoms with van der Waals surface area (Å²) >= 11 is 0. The summed E-state index contributed by atoms with van der Waals surface area (Å²) in [7, 11) is 0. The van der Waals surface area contributed by atoms with E-state index in [1.54, 1.807) is 30.6 Å². The van der Waals surface area contributed by atoms with E-state index >= 15 is 0 Å². The first-order valence-electron chi connectivity index (χ1n) is 12.1. The molecule has 1 aromatic carbocycles. The van der Waals surface area contributed by atoms with Gasteiger partial charge in [-0.2, -0.15) is 5.10 Å². The van der Waals surface area contributed by atoms with Crippen molar-refractivity contribution < 1.29 is 14.0 Å². The molecule has 3 N–H and O–H groups in total. The molecule has 1 fully saturated rings. The minimum atomic E-state index is -0.391. The molecule has 0 spiro atoms. The number of carbonyl (C=O) groups is 2. The molecule has 1 unspecified atom stereocenters. The summed E-state index contributed by atoms with van der Waals surface area (Å²) in [5, 5.41) is 11.5. The summed E-state index contributed by atoms with van der Waals surface area (Å²) in [5.41, 5.74) is 3.73. The Bertz CT molecular complexity index is 1660. The van der Waals surface area contributed by atoms with Crippen LogP contribution >= 0.6 is 0 Å². The number of halogens is 1. The van der Waals surface area contributed by atoms with E-state index in [0.29, 0.717) is 40.2 Å². The van der Waals surface area contributed by atoms with Crippen LogP contribution in [0.2, 0.25) is 0 Å². The van der Waals surface area contributed by atoms with Crippen molar-refractivity contribution in [3.63, 3.8) is 0 Å². The van der Waals surface area contributed by atoms with Crippen LogP contribution in [-0.2, 0) is 0 Å². The van der Waals surface area contributed by atoms with E-state index < -0.39 is 5.91 Å². The van der Waals surface area contributed by atoms with Gasteiger partial charge in [0.1, 0.15) is 11.5 Å². The Labute approximate surface area is 211 Å². The maximum atomic E-state index is 13.7. The molecular weight excluding hydrogens is 473 g/mol. The number of likely N-dealkylation sites (tertiary alicyclic amines) is 1. The lowest BCUT2D eigenvalue weighted by molar-refractivity contribution is 0.0605. The number of rotatable bonds is 4. The third kappa shape index (κ3) is 4.31. The smallest absolute Gasteiger partial charge is 0.273 e. The summed E-state index contributed by atoms with van der Waals surface area (Å²) in [6.45, 7) is 2.45. The van der Waals surface area contributed by atoms with Crippen molar-refractivity contribution in [3.8, 4) is 0 Å². The van der Waals surface area contributed by atoms with E-state index in [0.717, 1.165) is 35.9 Å². The van der Waals surface area contributed by atoms with Crippen LogP contribution in [0.4, 0.5) is 10.2 Å². The van der Waals surface area contributed by atoms with Crippen LogP contribution in [-0.4, -0.2) is 48.4 Å². The number of benzene rings is 1. The number of nitrogens with zero attached hydrogens (tertiary/aromatic N) is 4. The van der Waals surface area contributed by atoms with Crippen LogP contribution < -0.4 is 5.32 Å². The Kier molecular flexibility index (Phi) is 5.63. The predicted molar refractivity (Wildman–Crippen MR) is 137 cm³/mol. The van der Waals surface area contributed by atoms with Crippen LogP contribution in [0.15, 0.2) is 54.9 Å². The van der Waals surface area contributed by atoms with Crippen molar-refractivity contribution >= 4 is 39.4 Å². The van der Waals surface area contributed by atoms with Crippen molar-refractivity contribution in [3.05, 3.63) is 83.3 Å². The van der Waals surface area contributed by atoms with E-state index in [-0.39, 0.29) is 17.8 Å². The third-order valence-electron chi connectivity index (χ3n) is 6.83. The van der Waals surface area contributed by atoms with Crippen molar-refractivity contribution in [2.45, 2.75) is 32.2 Å². The second-order valence-electron chi connectivity index (χ2n) is 9.28. The van der Waals surface area contributed by atoms with Gasteiger partial charge in [0, 0.05) is 41.3 Å². The average molecular weight is 498 g/mol. The number of pyridine rings is 2. The first-order chi connectivity index (χ1) is 18.0. The second kappa shape index (κ2) is 9.12. The van der Waals surface area contributed by atoms with Crippen molar-refractivity contribution in [1.82, 2.24) is 30.0 Å². The fraction of sp³-hybridized carbons (Fsp3) is 0.222. The van der Waals surface area contributed by atoms with E-state index in [4.69, 9.17) is 0 Å². The zero-order chi connectivity index (χ0) is 25.5. The number of aryl methyl sites for hydroxylation is 1. The highest BCUT2D eigenvalue weighted by atomic mass is 19.1. The van der Waals surface area contributed by atoms with Crippen molar-refractivity contribution in [2.24, 2.45) is 0 Å². The lowest BCUT2D eigenvalue weighted by Crippen LogP contribution is -2.39. The van der Waals surface area contributed by atoms with Crippen LogP contribution in [0.5, 0.6) is 0 Å². The lowest BCUT2D eigenvalue weighted by Gasteiger charge is -2.35. The van der Waals surface area contributed by atoms with Crippen LogP contribution in [0, 0.1) is 12.7 Å². The Morgan fingerprint density at radius 1 is 1.11 bits per heavy atom. The van der Waals surface area contributed by atoms with Gasteiger partial charge in [-0.3, -0.25) is 24.7 Å². The summed E-state index contributed by atoms with van der Waals surface area (Å²) in [5.74, 6) is -0.505. The summed E-state index contributed by atoms with van der Waals surface area (Å²) in [6, 6.07) is 11.1. The van der Waals surface area contributed by atoms with Gasteiger partial charge in [-0.05, 0) is 62.6 Å². The lowest BCUT2D eigenvalue weighted by atomic mass is 9.97. The highest BCUT2D eigenvalue weighted by molar-refractivity contribution is 6.05. The minimum Gasteiger partial charge on any atom is -0.351 e. The number of amides is 2. The Morgan fingerprint density at radius 2 is 2.00 bits per heavy atom. The molecule has 0 aliphatic carbocycles. The second-order valence-corrected chi connectivity index (χ2v) is 9.28. The van der Waals surface area contributed by atoms with E-state index in [2.05, 4.69) is 30.5 Å². The van der Waals surface area contributed by atoms with Gasteiger partial charge >= 0.3 is 0 Å². The van der Waals surface area contributed by atoms with Crippen molar-refractivity contribution in [1.29, 1.82) is 0 Å². The number of fused-ring (bicyclic) bond motifs is 2. The molecule has 1 aliphatic rings. The standard InChI is InChI=1S/C27H24FN7O2/c1-15-19(11-17-14-29-8-7-21(17)30-15)27(37)35-9-3-2-4-24(35)22-13-25(34-33-22)32-26(36)23-12-16-10-18(28)5-6-20(16)31-23/h5-8,10-14,24,31H,2-4,9H2,1H3,(H2,32,33,34,36). The number of piperidine rings is 1. The molecule has 37 heavy (non-hydrogen) atoms. The Morgan fingerprint density at radius 3 is 2.89 bits per heavy atom. The number of anilines is 1. The third-order valence-corrected chi connectivity index (χ3v) is 6.83.